The highest BCUT2D eigenvalue weighted by molar-refractivity contribution is 6.01. The van der Waals surface area contributed by atoms with E-state index in [-0.39, 0.29) is 5.97 Å². The first kappa shape index (κ1) is 17.0. The molecule has 0 aliphatic rings. The Balaban J connectivity index is 1.96. The van der Waals surface area contributed by atoms with Gasteiger partial charge >= 0.3 is 5.97 Å². The number of esters is 1. The molecule has 0 aliphatic heterocycles. The van der Waals surface area contributed by atoms with Gasteiger partial charge in [0, 0.05) is 10.9 Å². The van der Waals surface area contributed by atoms with E-state index in [1.165, 1.54) is 0 Å². The van der Waals surface area contributed by atoms with Gasteiger partial charge in [-0.25, -0.2) is 9.78 Å². The van der Waals surface area contributed by atoms with E-state index in [9.17, 15) is 4.79 Å². The molecule has 1 heterocycles. The minimum Gasteiger partial charge on any atom is -0.462 e. The molecular formula is C24H19NO2. The van der Waals surface area contributed by atoms with Crippen LogP contribution in [0.3, 0.4) is 0 Å². The number of hydrogen-bond acceptors (Lipinski definition) is 3. The fraction of sp³-hybridized carbons (Fsp3) is 0.0833. The van der Waals surface area contributed by atoms with E-state index >= 15 is 0 Å². The zero-order chi connectivity index (χ0) is 18.6. The fourth-order valence-corrected chi connectivity index (χ4v) is 3.18. The molecule has 0 N–H and O–H groups in total. The molecule has 0 radical (unpaired) electrons. The lowest BCUT2D eigenvalue weighted by molar-refractivity contribution is 0.0526. The standard InChI is InChI=1S/C24H19NO2/c1-2-27-24(26)19-13-14-22-21(15-19)20(17-9-5-3-6-10-17)16-23(25-22)18-11-7-4-8-12-18/h3-16H,2H2,1H3. The quantitative estimate of drug-likeness (QED) is 0.439. The number of hydrogen-bond donors (Lipinski definition) is 0. The molecule has 3 heteroatoms. The number of nitrogens with zero attached hydrogens (tertiary/aromatic N) is 1. The highest BCUT2D eigenvalue weighted by atomic mass is 16.5. The summed E-state index contributed by atoms with van der Waals surface area (Å²) in [6.07, 6.45) is 0. The van der Waals surface area contributed by atoms with Crippen molar-refractivity contribution in [3.8, 4) is 22.4 Å². The van der Waals surface area contributed by atoms with Crippen molar-refractivity contribution in [1.29, 1.82) is 0 Å². The van der Waals surface area contributed by atoms with Gasteiger partial charge in [0.15, 0.2) is 0 Å². The molecule has 3 nitrogen and oxygen atoms in total. The van der Waals surface area contributed by atoms with Crippen LogP contribution in [0.4, 0.5) is 0 Å². The van der Waals surface area contributed by atoms with E-state index in [0.29, 0.717) is 12.2 Å². The van der Waals surface area contributed by atoms with Gasteiger partial charge in [0.2, 0.25) is 0 Å². The maximum atomic E-state index is 12.2. The number of fused-ring (bicyclic) bond motifs is 1. The van der Waals surface area contributed by atoms with Crippen molar-refractivity contribution in [3.63, 3.8) is 0 Å². The van der Waals surface area contributed by atoms with Crippen molar-refractivity contribution in [2.45, 2.75) is 6.92 Å². The van der Waals surface area contributed by atoms with E-state index in [1.54, 1.807) is 6.07 Å². The Morgan fingerprint density at radius 2 is 1.52 bits per heavy atom. The molecule has 27 heavy (non-hydrogen) atoms. The number of benzene rings is 3. The van der Waals surface area contributed by atoms with Gasteiger partial charge in [0.05, 0.1) is 23.4 Å². The third-order valence-electron chi connectivity index (χ3n) is 4.47. The maximum Gasteiger partial charge on any atom is 0.338 e. The first-order chi connectivity index (χ1) is 13.3. The second-order valence-electron chi connectivity index (χ2n) is 6.24. The predicted octanol–water partition coefficient (Wildman–Crippen LogP) is 5.75. The first-order valence-corrected chi connectivity index (χ1v) is 8.99. The smallest absolute Gasteiger partial charge is 0.338 e. The van der Waals surface area contributed by atoms with Crippen molar-refractivity contribution in [2.24, 2.45) is 0 Å². The van der Waals surface area contributed by atoms with Gasteiger partial charge in [-0.2, -0.15) is 0 Å². The van der Waals surface area contributed by atoms with E-state index in [4.69, 9.17) is 9.72 Å². The third kappa shape index (κ3) is 3.44. The fourth-order valence-electron chi connectivity index (χ4n) is 3.18. The summed E-state index contributed by atoms with van der Waals surface area (Å²) in [5.74, 6) is -0.314. The number of aromatic nitrogens is 1. The summed E-state index contributed by atoms with van der Waals surface area (Å²) >= 11 is 0. The van der Waals surface area contributed by atoms with Crippen LogP contribution in [0.2, 0.25) is 0 Å². The van der Waals surface area contributed by atoms with Gasteiger partial charge in [0.25, 0.3) is 0 Å². The molecule has 0 bridgehead atoms. The van der Waals surface area contributed by atoms with Crippen molar-refractivity contribution in [1.82, 2.24) is 4.98 Å². The van der Waals surface area contributed by atoms with Crippen molar-refractivity contribution < 1.29 is 9.53 Å². The molecule has 0 aliphatic carbocycles. The van der Waals surface area contributed by atoms with E-state index in [2.05, 4.69) is 30.3 Å². The summed E-state index contributed by atoms with van der Waals surface area (Å²) in [4.78, 5) is 17.0. The Bertz CT molecular complexity index is 1090. The number of pyridine rings is 1. The van der Waals surface area contributed by atoms with Gasteiger partial charge in [-0.3, -0.25) is 0 Å². The molecule has 0 saturated heterocycles. The molecule has 132 valence electrons. The second kappa shape index (κ2) is 7.42. The third-order valence-corrected chi connectivity index (χ3v) is 4.47. The molecule has 0 spiro atoms. The highest BCUT2D eigenvalue weighted by Gasteiger charge is 2.13. The van der Waals surface area contributed by atoms with Crippen molar-refractivity contribution in [2.75, 3.05) is 6.61 Å². The lowest BCUT2D eigenvalue weighted by atomic mass is 9.97. The molecule has 1 aromatic heterocycles. The van der Waals surface area contributed by atoms with Crippen LogP contribution < -0.4 is 0 Å². The topological polar surface area (TPSA) is 39.2 Å². The maximum absolute atomic E-state index is 12.2. The molecule has 4 rings (SSSR count). The van der Waals surface area contributed by atoms with Crippen molar-refractivity contribution >= 4 is 16.9 Å². The molecule has 0 saturated carbocycles. The van der Waals surface area contributed by atoms with Gasteiger partial charge in [0.1, 0.15) is 0 Å². The molecular weight excluding hydrogens is 334 g/mol. The SMILES string of the molecule is CCOC(=O)c1ccc2nc(-c3ccccc3)cc(-c3ccccc3)c2c1. The van der Waals surface area contributed by atoms with Gasteiger partial charge < -0.3 is 4.74 Å². The van der Waals surface area contributed by atoms with E-state index in [1.807, 2.05) is 55.5 Å². The number of rotatable bonds is 4. The molecule has 0 atom stereocenters. The summed E-state index contributed by atoms with van der Waals surface area (Å²) < 4.78 is 5.16. The summed E-state index contributed by atoms with van der Waals surface area (Å²) in [5, 5.41) is 0.937. The van der Waals surface area contributed by atoms with Crippen LogP contribution >= 0.6 is 0 Å². The van der Waals surface area contributed by atoms with Crippen LogP contribution in [0.5, 0.6) is 0 Å². The Kier molecular flexibility index (Phi) is 4.67. The molecule has 3 aromatic carbocycles. The normalized spacial score (nSPS) is 10.7. The summed E-state index contributed by atoms with van der Waals surface area (Å²) in [5.41, 5.74) is 5.49. The van der Waals surface area contributed by atoms with Crippen LogP contribution in [0.15, 0.2) is 84.9 Å². The molecule has 0 unspecified atom stereocenters. The first-order valence-electron chi connectivity index (χ1n) is 8.99. The minimum atomic E-state index is -0.314. The van der Waals surface area contributed by atoms with E-state index in [0.717, 1.165) is 33.3 Å². The zero-order valence-electron chi connectivity index (χ0n) is 15.1. The number of carbonyl (C=O) groups excluding carboxylic acids is 1. The summed E-state index contributed by atoms with van der Waals surface area (Å²) in [6, 6.07) is 27.9. The van der Waals surface area contributed by atoms with Gasteiger partial charge in [-0.1, -0.05) is 60.7 Å². The van der Waals surface area contributed by atoms with Gasteiger partial charge in [-0.05, 0) is 42.3 Å². The van der Waals surface area contributed by atoms with Gasteiger partial charge in [-0.15, -0.1) is 0 Å². The minimum absolute atomic E-state index is 0.314. The van der Waals surface area contributed by atoms with Crippen LogP contribution in [-0.4, -0.2) is 17.6 Å². The lowest BCUT2D eigenvalue weighted by Crippen LogP contribution is -2.04. The molecule has 4 aromatic rings. The van der Waals surface area contributed by atoms with E-state index < -0.39 is 0 Å². The van der Waals surface area contributed by atoms with Crippen LogP contribution in [0.1, 0.15) is 17.3 Å². The summed E-state index contributed by atoms with van der Waals surface area (Å²) in [6.45, 7) is 2.16. The largest absolute Gasteiger partial charge is 0.462 e. The van der Waals surface area contributed by atoms with Crippen LogP contribution in [0, 0.1) is 0 Å². The predicted molar refractivity (Wildman–Crippen MR) is 109 cm³/mol. The second-order valence-corrected chi connectivity index (χ2v) is 6.24. The zero-order valence-corrected chi connectivity index (χ0v) is 15.1. The van der Waals surface area contributed by atoms with Crippen LogP contribution in [-0.2, 0) is 4.74 Å². The Morgan fingerprint density at radius 3 is 2.19 bits per heavy atom. The number of ether oxygens (including phenoxy) is 1. The Morgan fingerprint density at radius 1 is 0.852 bits per heavy atom. The average Bonchev–Trinajstić information content (AvgIpc) is 2.74. The Hall–Kier alpha value is -3.46. The Labute approximate surface area is 158 Å². The molecule has 0 fully saturated rings. The van der Waals surface area contributed by atoms with Crippen molar-refractivity contribution in [3.05, 3.63) is 90.5 Å². The highest BCUT2D eigenvalue weighted by Crippen LogP contribution is 2.32. The van der Waals surface area contributed by atoms with Crippen LogP contribution in [0.25, 0.3) is 33.3 Å². The summed E-state index contributed by atoms with van der Waals surface area (Å²) in [7, 11) is 0. The lowest BCUT2D eigenvalue weighted by Gasteiger charge is -2.12. The average molecular weight is 353 g/mol. The number of carbonyl (C=O) groups is 1. The molecule has 0 amide bonds. The monoisotopic (exact) mass is 353 g/mol.